The molecule has 4 aromatic rings. The molecule has 0 amide bonds. The highest BCUT2D eigenvalue weighted by molar-refractivity contribution is 6.20. The Morgan fingerprint density at radius 3 is 1.75 bits per heavy atom. The number of fused-ring (bicyclic) bond motifs is 4. The quantitative estimate of drug-likeness (QED) is 0.211. The number of phenolic OH excluding ortho intramolecular Hbond substituents is 1. The summed E-state index contributed by atoms with van der Waals surface area (Å²) in [6.45, 7) is 3.15. The Kier molecular flexibility index (Phi) is 5.30. The summed E-state index contributed by atoms with van der Waals surface area (Å²) in [5.74, 6) is 1.56. The van der Waals surface area contributed by atoms with Crippen molar-refractivity contribution in [2.75, 3.05) is 28.4 Å². The van der Waals surface area contributed by atoms with Gasteiger partial charge in [0.1, 0.15) is 17.0 Å². The zero-order valence-corrected chi connectivity index (χ0v) is 18.7. The number of carbonyl (C=O) groups excluding carboxylic acids is 1. The van der Waals surface area contributed by atoms with E-state index in [1.165, 1.54) is 28.3 Å². The first-order valence-electron chi connectivity index (χ1n) is 9.79. The minimum absolute atomic E-state index is 0.0633. The molecule has 0 spiro atoms. The number of esters is 1. The smallest absolute Gasteiger partial charge is 0.308 e. The summed E-state index contributed by atoms with van der Waals surface area (Å²) in [6, 6.07) is 6.89. The number of carbonyl (C=O) groups is 1. The number of rotatable bonds is 5. The molecule has 0 fully saturated rings. The maximum Gasteiger partial charge on any atom is 0.308 e. The summed E-state index contributed by atoms with van der Waals surface area (Å²) < 4.78 is 27.4. The molecule has 3 aromatic carbocycles. The Bertz CT molecular complexity index is 1400. The number of hydrogen-bond donors (Lipinski definition) is 1. The Morgan fingerprint density at radius 1 is 0.781 bits per heavy atom. The van der Waals surface area contributed by atoms with Crippen LogP contribution < -0.4 is 23.7 Å². The van der Waals surface area contributed by atoms with E-state index in [0.29, 0.717) is 50.2 Å². The predicted molar refractivity (Wildman–Crippen MR) is 121 cm³/mol. The molecule has 0 bridgehead atoms. The normalized spacial score (nSPS) is 11.1. The van der Waals surface area contributed by atoms with E-state index in [0.717, 1.165) is 5.39 Å². The summed E-state index contributed by atoms with van der Waals surface area (Å²) >= 11 is 0. The molecule has 0 saturated heterocycles. The van der Waals surface area contributed by atoms with E-state index in [9.17, 15) is 9.90 Å². The molecule has 0 radical (unpaired) electrons. The SMILES string of the molecule is COc1cc2c(O)c3nc(C)c4cc(OC)c(OC)cc4c3c(OC(C)=O)c2cc1OC. The van der Waals surface area contributed by atoms with E-state index < -0.39 is 5.97 Å². The lowest BCUT2D eigenvalue weighted by atomic mass is 9.97. The van der Waals surface area contributed by atoms with Crippen molar-refractivity contribution in [3.05, 3.63) is 30.0 Å². The van der Waals surface area contributed by atoms with Crippen molar-refractivity contribution in [1.29, 1.82) is 0 Å². The summed E-state index contributed by atoms with van der Waals surface area (Å²) in [5.41, 5.74) is 0.954. The molecule has 0 aliphatic carbocycles. The predicted octanol–water partition coefficient (Wildman–Crippen LogP) is 4.51. The highest BCUT2D eigenvalue weighted by Crippen LogP contribution is 2.49. The van der Waals surface area contributed by atoms with E-state index in [2.05, 4.69) is 4.98 Å². The maximum atomic E-state index is 12.1. The molecular weight excluding hydrogens is 414 g/mol. The summed E-state index contributed by atoms with van der Waals surface area (Å²) in [7, 11) is 6.10. The van der Waals surface area contributed by atoms with Gasteiger partial charge in [-0.2, -0.15) is 0 Å². The molecule has 1 N–H and O–H groups in total. The molecule has 4 rings (SSSR count). The standard InChI is InChI=1S/C24H23NO7/c1-11-13-7-17(28-3)18(29-4)8-14(13)21-22(25-11)23(27)15-9-19(30-5)20(31-6)10-16(15)24(21)32-12(2)26/h7-10,27H,1-6H3. The van der Waals surface area contributed by atoms with Crippen LogP contribution in [0.1, 0.15) is 12.6 Å². The second kappa shape index (κ2) is 7.96. The number of pyridine rings is 1. The van der Waals surface area contributed by atoms with Gasteiger partial charge in [0.25, 0.3) is 0 Å². The van der Waals surface area contributed by atoms with Crippen LogP contribution in [0.2, 0.25) is 0 Å². The van der Waals surface area contributed by atoms with Crippen LogP contribution in [0.4, 0.5) is 0 Å². The number of aromatic nitrogens is 1. The van der Waals surface area contributed by atoms with Gasteiger partial charge in [0, 0.05) is 34.2 Å². The molecule has 1 aromatic heterocycles. The first kappa shape index (κ1) is 21.3. The molecule has 8 heteroatoms. The molecule has 0 unspecified atom stereocenters. The van der Waals surface area contributed by atoms with Crippen molar-refractivity contribution in [3.63, 3.8) is 0 Å². The van der Waals surface area contributed by atoms with Crippen molar-refractivity contribution in [2.45, 2.75) is 13.8 Å². The number of aryl methyl sites for hydroxylation is 1. The second-order valence-electron chi connectivity index (χ2n) is 7.20. The third-order valence-corrected chi connectivity index (χ3v) is 5.42. The fourth-order valence-electron chi connectivity index (χ4n) is 3.97. The first-order valence-corrected chi connectivity index (χ1v) is 9.79. The van der Waals surface area contributed by atoms with Crippen molar-refractivity contribution >= 4 is 38.4 Å². The van der Waals surface area contributed by atoms with Crippen LogP contribution in [0, 0.1) is 6.92 Å². The molecular formula is C24H23NO7. The molecule has 0 atom stereocenters. The van der Waals surface area contributed by atoms with Crippen molar-refractivity contribution in [3.8, 4) is 34.5 Å². The molecule has 8 nitrogen and oxygen atoms in total. The fourth-order valence-corrected chi connectivity index (χ4v) is 3.97. The molecule has 0 aliphatic rings. The Labute approximate surface area is 184 Å². The van der Waals surface area contributed by atoms with Gasteiger partial charge in [-0.3, -0.25) is 4.79 Å². The lowest BCUT2D eigenvalue weighted by Crippen LogP contribution is -2.04. The average Bonchev–Trinajstić information content (AvgIpc) is 2.79. The van der Waals surface area contributed by atoms with E-state index in [4.69, 9.17) is 23.7 Å². The minimum Gasteiger partial charge on any atom is -0.505 e. The molecule has 0 aliphatic heterocycles. The van der Waals surface area contributed by atoms with Crippen molar-refractivity contribution in [2.24, 2.45) is 0 Å². The molecule has 32 heavy (non-hydrogen) atoms. The van der Waals surface area contributed by atoms with Crippen molar-refractivity contribution in [1.82, 2.24) is 4.98 Å². The number of hydrogen-bond acceptors (Lipinski definition) is 8. The van der Waals surface area contributed by atoms with Gasteiger partial charge in [0.2, 0.25) is 0 Å². The Hall–Kier alpha value is -3.94. The molecule has 1 heterocycles. The summed E-state index contributed by atoms with van der Waals surface area (Å²) in [6.07, 6.45) is 0. The summed E-state index contributed by atoms with van der Waals surface area (Å²) in [5, 5.41) is 14.0. The van der Waals surface area contributed by atoms with Crippen LogP contribution >= 0.6 is 0 Å². The number of methoxy groups -OCH3 is 4. The maximum absolute atomic E-state index is 12.1. The van der Waals surface area contributed by atoms with Gasteiger partial charge >= 0.3 is 5.97 Å². The van der Waals surface area contributed by atoms with Crippen LogP contribution in [-0.4, -0.2) is 44.5 Å². The largest absolute Gasteiger partial charge is 0.505 e. The fraction of sp³-hybridized carbons (Fsp3) is 0.250. The van der Waals surface area contributed by atoms with Crippen LogP contribution in [-0.2, 0) is 4.79 Å². The number of nitrogens with zero attached hydrogens (tertiary/aromatic N) is 1. The second-order valence-corrected chi connectivity index (χ2v) is 7.20. The van der Waals surface area contributed by atoms with E-state index >= 15 is 0 Å². The molecule has 166 valence electrons. The average molecular weight is 437 g/mol. The van der Waals surface area contributed by atoms with Crippen LogP contribution in [0.5, 0.6) is 34.5 Å². The number of ether oxygens (including phenoxy) is 5. The van der Waals surface area contributed by atoms with Crippen molar-refractivity contribution < 1.29 is 33.6 Å². The Morgan fingerprint density at radius 2 is 1.25 bits per heavy atom. The lowest BCUT2D eigenvalue weighted by molar-refractivity contribution is -0.131. The van der Waals surface area contributed by atoms with E-state index in [1.54, 1.807) is 25.3 Å². The Balaban J connectivity index is 2.30. The molecule has 0 saturated carbocycles. The zero-order valence-electron chi connectivity index (χ0n) is 18.7. The number of aromatic hydroxyl groups is 1. The number of phenols is 1. The van der Waals surface area contributed by atoms with Gasteiger partial charge in [-0.05, 0) is 31.2 Å². The monoisotopic (exact) mass is 437 g/mol. The van der Waals surface area contributed by atoms with Gasteiger partial charge in [-0.1, -0.05) is 0 Å². The van der Waals surface area contributed by atoms with E-state index in [-0.39, 0.29) is 17.0 Å². The third kappa shape index (κ3) is 3.15. The van der Waals surface area contributed by atoms with Gasteiger partial charge in [0.15, 0.2) is 23.0 Å². The highest BCUT2D eigenvalue weighted by Gasteiger charge is 2.23. The zero-order chi connectivity index (χ0) is 23.2. The summed E-state index contributed by atoms with van der Waals surface area (Å²) in [4.78, 5) is 16.7. The highest BCUT2D eigenvalue weighted by atomic mass is 16.5. The van der Waals surface area contributed by atoms with Gasteiger partial charge in [-0.25, -0.2) is 4.98 Å². The van der Waals surface area contributed by atoms with E-state index in [1.807, 2.05) is 13.0 Å². The van der Waals surface area contributed by atoms with Crippen LogP contribution in [0.15, 0.2) is 24.3 Å². The van der Waals surface area contributed by atoms with Crippen LogP contribution in [0.25, 0.3) is 32.4 Å². The van der Waals surface area contributed by atoms with Gasteiger partial charge in [0.05, 0.1) is 33.8 Å². The topological polar surface area (TPSA) is 96.3 Å². The third-order valence-electron chi connectivity index (χ3n) is 5.42. The lowest BCUT2D eigenvalue weighted by Gasteiger charge is -2.18. The van der Waals surface area contributed by atoms with Gasteiger partial charge < -0.3 is 28.8 Å². The first-order chi connectivity index (χ1) is 15.3. The number of benzene rings is 3. The van der Waals surface area contributed by atoms with Gasteiger partial charge in [-0.15, -0.1) is 0 Å². The van der Waals surface area contributed by atoms with Crippen LogP contribution in [0.3, 0.4) is 0 Å². The minimum atomic E-state index is -0.512.